The van der Waals surface area contributed by atoms with E-state index in [1.54, 1.807) is 0 Å². The zero-order valence-electron chi connectivity index (χ0n) is 16.3. The summed E-state index contributed by atoms with van der Waals surface area (Å²) in [6, 6.07) is 0. The number of likely N-dealkylation sites (N-methyl/N-ethyl adjacent to an activating group) is 1. The first kappa shape index (κ1) is 24.6. The maximum atomic E-state index is 11.6. The summed E-state index contributed by atoms with van der Waals surface area (Å²) in [7, 11) is 6.26. The van der Waals surface area contributed by atoms with Crippen LogP contribution in [0.5, 0.6) is 0 Å². The molecule has 0 aromatic carbocycles. The van der Waals surface area contributed by atoms with Gasteiger partial charge in [-0.05, 0) is 5.53 Å². The van der Waals surface area contributed by atoms with Crippen molar-refractivity contribution in [2.75, 3.05) is 93.6 Å². The van der Waals surface area contributed by atoms with Crippen molar-refractivity contribution in [3.63, 3.8) is 0 Å². The number of hydrogen-bond acceptors (Lipinski definition) is 6. The Morgan fingerprint density at radius 1 is 0.923 bits per heavy atom. The fourth-order valence-electron chi connectivity index (χ4n) is 1.70. The van der Waals surface area contributed by atoms with Gasteiger partial charge in [0.15, 0.2) is 0 Å². The quantitative estimate of drug-likeness (QED) is 0.123. The molecule has 0 rings (SSSR count). The molecule has 1 N–H and O–H groups in total. The SMILES string of the molecule is C[N+](C)(C)CCNC(=O)CCOCCOCCOCCOCCN=[N+]=[N-]. The van der Waals surface area contributed by atoms with E-state index in [1.807, 2.05) is 0 Å². The summed E-state index contributed by atoms with van der Waals surface area (Å²) in [5.41, 5.74) is 8.07. The van der Waals surface area contributed by atoms with Crippen LogP contribution in [-0.4, -0.2) is 104 Å². The monoisotopic (exact) mass is 376 g/mol. The van der Waals surface area contributed by atoms with E-state index in [0.29, 0.717) is 72.4 Å². The molecule has 0 aliphatic carbocycles. The molecule has 0 heterocycles. The van der Waals surface area contributed by atoms with Gasteiger partial charge < -0.3 is 28.7 Å². The lowest BCUT2D eigenvalue weighted by molar-refractivity contribution is -0.869. The van der Waals surface area contributed by atoms with Gasteiger partial charge in [-0.15, -0.1) is 0 Å². The zero-order valence-corrected chi connectivity index (χ0v) is 16.3. The Morgan fingerprint density at radius 3 is 1.92 bits per heavy atom. The largest absolute Gasteiger partial charge is 0.379 e. The molecule has 0 unspecified atom stereocenters. The molecule has 0 saturated heterocycles. The molecule has 0 bridgehead atoms. The molecule has 0 radical (unpaired) electrons. The molecule has 10 heteroatoms. The van der Waals surface area contributed by atoms with Crippen molar-refractivity contribution in [2.24, 2.45) is 5.11 Å². The maximum Gasteiger partial charge on any atom is 0.222 e. The molecule has 0 aromatic rings. The van der Waals surface area contributed by atoms with Crippen molar-refractivity contribution in [3.8, 4) is 0 Å². The molecule has 1 amide bonds. The summed E-state index contributed by atoms with van der Waals surface area (Å²) in [4.78, 5) is 14.2. The van der Waals surface area contributed by atoms with Crippen LogP contribution in [0, 0.1) is 0 Å². The molecule has 10 nitrogen and oxygen atoms in total. The highest BCUT2D eigenvalue weighted by molar-refractivity contribution is 5.75. The smallest absolute Gasteiger partial charge is 0.222 e. The third-order valence-electron chi connectivity index (χ3n) is 3.09. The minimum atomic E-state index is 0.00872. The van der Waals surface area contributed by atoms with E-state index in [4.69, 9.17) is 24.5 Å². The highest BCUT2D eigenvalue weighted by Gasteiger charge is 2.07. The van der Waals surface area contributed by atoms with Gasteiger partial charge in [0, 0.05) is 17.9 Å². The molecule has 26 heavy (non-hydrogen) atoms. The molecule has 0 saturated carbocycles. The summed E-state index contributed by atoms with van der Waals surface area (Å²) in [6.45, 7) is 5.50. The van der Waals surface area contributed by atoms with Crippen LogP contribution < -0.4 is 5.32 Å². The normalized spacial score (nSPS) is 11.2. The van der Waals surface area contributed by atoms with Crippen LogP contribution in [0.15, 0.2) is 5.11 Å². The van der Waals surface area contributed by atoms with Crippen LogP contribution in [-0.2, 0) is 23.7 Å². The van der Waals surface area contributed by atoms with E-state index in [1.165, 1.54) is 0 Å². The second-order valence-corrected chi connectivity index (χ2v) is 6.52. The second kappa shape index (κ2) is 17.0. The Kier molecular flexibility index (Phi) is 16.1. The van der Waals surface area contributed by atoms with Crippen LogP contribution >= 0.6 is 0 Å². The van der Waals surface area contributed by atoms with Gasteiger partial charge in [-0.3, -0.25) is 4.79 Å². The minimum Gasteiger partial charge on any atom is -0.379 e. The van der Waals surface area contributed by atoms with E-state index in [-0.39, 0.29) is 5.91 Å². The van der Waals surface area contributed by atoms with Crippen molar-refractivity contribution in [1.82, 2.24) is 5.32 Å². The summed E-state index contributed by atoms with van der Waals surface area (Å²) in [5, 5.41) is 6.23. The van der Waals surface area contributed by atoms with E-state index < -0.39 is 0 Å². The number of hydrogen-bond donors (Lipinski definition) is 1. The Hall–Kier alpha value is -1.42. The van der Waals surface area contributed by atoms with Crippen molar-refractivity contribution in [3.05, 3.63) is 10.4 Å². The number of carbonyl (C=O) groups is 1. The third kappa shape index (κ3) is 20.6. The summed E-state index contributed by atoms with van der Waals surface area (Å²) in [5.74, 6) is 0.00872. The zero-order chi connectivity index (χ0) is 19.5. The molecule has 0 aromatic heterocycles. The predicted molar refractivity (Wildman–Crippen MR) is 97.8 cm³/mol. The summed E-state index contributed by atoms with van der Waals surface area (Å²) < 4.78 is 22.0. The molecule has 0 aliphatic rings. The third-order valence-corrected chi connectivity index (χ3v) is 3.09. The van der Waals surface area contributed by atoms with Crippen LogP contribution in [0.4, 0.5) is 0 Å². The number of rotatable bonds is 18. The van der Waals surface area contributed by atoms with Gasteiger partial charge >= 0.3 is 0 Å². The van der Waals surface area contributed by atoms with E-state index in [2.05, 4.69) is 36.5 Å². The molecule has 0 aliphatic heterocycles. The number of azide groups is 1. The van der Waals surface area contributed by atoms with Crippen LogP contribution in [0.2, 0.25) is 0 Å². The minimum absolute atomic E-state index is 0.00872. The number of ether oxygens (including phenoxy) is 4. The van der Waals surface area contributed by atoms with Gasteiger partial charge in [-0.1, -0.05) is 5.11 Å². The lowest BCUT2D eigenvalue weighted by Crippen LogP contribution is -2.42. The van der Waals surface area contributed by atoms with Crippen molar-refractivity contribution >= 4 is 5.91 Å². The topological polar surface area (TPSA) is 115 Å². The fourth-order valence-corrected chi connectivity index (χ4v) is 1.70. The average molecular weight is 376 g/mol. The van der Waals surface area contributed by atoms with Gasteiger partial charge in [-0.25, -0.2) is 0 Å². The molecule has 0 atom stereocenters. The molecule has 152 valence electrons. The van der Waals surface area contributed by atoms with Crippen LogP contribution in [0.25, 0.3) is 10.4 Å². The standard InChI is InChI=1S/C16H33N5O5/c1-21(2,3)7-5-18-16(22)4-8-23-10-12-25-14-15-26-13-11-24-9-6-19-20-17/h4-15H2,1-3H3/p+1. The lowest BCUT2D eigenvalue weighted by atomic mass is 10.4. The van der Waals surface area contributed by atoms with Gasteiger partial charge in [-0.2, -0.15) is 0 Å². The second-order valence-electron chi connectivity index (χ2n) is 6.52. The molecule has 0 spiro atoms. The molecule has 0 fully saturated rings. The van der Waals surface area contributed by atoms with Gasteiger partial charge in [0.2, 0.25) is 5.91 Å². The van der Waals surface area contributed by atoms with Crippen molar-refractivity contribution < 1.29 is 28.2 Å². The highest BCUT2D eigenvalue weighted by atomic mass is 16.6. The maximum absolute atomic E-state index is 11.6. The summed E-state index contributed by atoms with van der Waals surface area (Å²) >= 11 is 0. The molecular formula is C16H34N5O5+. The average Bonchev–Trinajstić information content (AvgIpc) is 2.57. The first-order valence-corrected chi connectivity index (χ1v) is 8.84. The van der Waals surface area contributed by atoms with E-state index >= 15 is 0 Å². The van der Waals surface area contributed by atoms with Crippen molar-refractivity contribution in [1.29, 1.82) is 0 Å². The number of carbonyl (C=O) groups excluding carboxylic acids is 1. The van der Waals surface area contributed by atoms with Gasteiger partial charge in [0.25, 0.3) is 0 Å². The number of amides is 1. The predicted octanol–water partition coefficient (Wildman–Crippen LogP) is 0.576. The Morgan fingerprint density at radius 2 is 1.42 bits per heavy atom. The Labute approximate surface area is 155 Å². The van der Waals surface area contributed by atoms with Crippen LogP contribution in [0.1, 0.15) is 6.42 Å². The van der Waals surface area contributed by atoms with Crippen LogP contribution in [0.3, 0.4) is 0 Å². The highest BCUT2D eigenvalue weighted by Crippen LogP contribution is 1.89. The number of nitrogens with zero attached hydrogens (tertiary/aromatic N) is 4. The van der Waals surface area contributed by atoms with Gasteiger partial charge in [0.1, 0.15) is 0 Å². The number of quaternary nitrogens is 1. The Balaban J connectivity index is 3.19. The first-order valence-electron chi connectivity index (χ1n) is 8.84. The first-order chi connectivity index (χ1) is 12.5. The number of nitrogens with one attached hydrogen (secondary N) is 1. The van der Waals surface area contributed by atoms with Crippen molar-refractivity contribution in [2.45, 2.75) is 6.42 Å². The fraction of sp³-hybridized carbons (Fsp3) is 0.938. The summed E-state index contributed by atoms with van der Waals surface area (Å²) in [6.07, 6.45) is 0.361. The van der Waals surface area contributed by atoms with Gasteiger partial charge in [0.05, 0.1) is 87.1 Å². The Bertz CT molecular complexity index is 397. The van der Waals surface area contributed by atoms with E-state index in [0.717, 1.165) is 11.0 Å². The van der Waals surface area contributed by atoms with E-state index in [9.17, 15) is 4.79 Å². The lowest BCUT2D eigenvalue weighted by Gasteiger charge is -2.23. The molecular weight excluding hydrogens is 342 g/mol.